The summed E-state index contributed by atoms with van der Waals surface area (Å²) in [5.74, 6) is 0.956. The van der Waals surface area contributed by atoms with Gasteiger partial charge in [0.25, 0.3) is 0 Å². The number of carbonyl (C=O) groups is 2. The molecule has 0 aliphatic carbocycles. The number of hydrogen-bond acceptors (Lipinski definition) is 3. The van der Waals surface area contributed by atoms with Crippen LogP contribution in [-0.2, 0) is 21.9 Å². The molecule has 0 bridgehead atoms. The number of nitrogens with one attached hydrogen (secondary N) is 1. The van der Waals surface area contributed by atoms with Gasteiger partial charge >= 0.3 is 0 Å². The molecule has 1 atom stereocenters. The van der Waals surface area contributed by atoms with E-state index in [-0.39, 0.29) is 11.8 Å². The monoisotopic (exact) mass is 448 g/mol. The molecule has 0 spiro atoms. The van der Waals surface area contributed by atoms with Crippen molar-refractivity contribution in [2.45, 2.75) is 32.2 Å². The quantitative estimate of drug-likeness (QED) is 0.623. The standard InChI is InChI=1S/C21H25BrN2O2S/c1-3-23-21(26)16(2)24(13-17-9-11-19(22)12-10-17)20(25)15-27-14-18-7-5-4-6-8-18/h4-12,16H,3,13-15H2,1-2H3,(H,23,26)/t16-/m0/s1. The zero-order valence-corrected chi connectivity index (χ0v) is 18.1. The Morgan fingerprint density at radius 3 is 2.37 bits per heavy atom. The number of hydrogen-bond donors (Lipinski definition) is 1. The molecule has 1 N–H and O–H groups in total. The van der Waals surface area contributed by atoms with E-state index < -0.39 is 6.04 Å². The summed E-state index contributed by atoms with van der Waals surface area (Å²) in [6.07, 6.45) is 0. The lowest BCUT2D eigenvalue weighted by atomic mass is 10.1. The van der Waals surface area contributed by atoms with E-state index in [4.69, 9.17) is 0 Å². The van der Waals surface area contributed by atoms with Gasteiger partial charge in [-0.3, -0.25) is 9.59 Å². The van der Waals surface area contributed by atoms with Gasteiger partial charge in [-0.05, 0) is 37.1 Å². The highest BCUT2D eigenvalue weighted by Gasteiger charge is 2.25. The van der Waals surface area contributed by atoms with Gasteiger partial charge in [0.1, 0.15) is 6.04 Å². The fraction of sp³-hybridized carbons (Fsp3) is 0.333. The molecule has 2 amide bonds. The normalized spacial score (nSPS) is 11.7. The Labute approximate surface area is 173 Å². The SMILES string of the molecule is CCNC(=O)[C@H](C)N(Cc1ccc(Br)cc1)C(=O)CSCc1ccccc1. The molecule has 0 saturated heterocycles. The maximum atomic E-state index is 12.9. The summed E-state index contributed by atoms with van der Waals surface area (Å²) in [5, 5.41) is 2.81. The second kappa shape index (κ2) is 11.1. The lowest BCUT2D eigenvalue weighted by Gasteiger charge is -2.28. The van der Waals surface area contributed by atoms with Gasteiger partial charge in [0, 0.05) is 23.3 Å². The average molecular weight is 449 g/mol. The van der Waals surface area contributed by atoms with Crippen LogP contribution in [0.5, 0.6) is 0 Å². The van der Waals surface area contributed by atoms with Gasteiger partial charge < -0.3 is 10.2 Å². The van der Waals surface area contributed by atoms with Crippen LogP contribution in [0.3, 0.4) is 0 Å². The molecule has 0 heterocycles. The van der Waals surface area contributed by atoms with Crippen molar-refractivity contribution >= 4 is 39.5 Å². The molecule has 4 nitrogen and oxygen atoms in total. The van der Waals surface area contributed by atoms with E-state index in [0.29, 0.717) is 18.8 Å². The maximum Gasteiger partial charge on any atom is 0.242 e. The van der Waals surface area contributed by atoms with Crippen molar-refractivity contribution in [1.29, 1.82) is 0 Å². The number of amides is 2. The van der Waals surface area contributed by atoms with Crippen molar-refractivity contribution in [2.75, 3.05) is 12.3 Å². The smallest absolute Gasteiger partial charge is 0.242 e. The number of benzene rings is 2. The van der Waals surface area contributed by atoms with Crippen LogP contribution in [0.25, 0.3) is 0 Å². The predicted octanol–water partition coefficient (Wildman–Crippen LogP) is 4.24. The van der Waals surface area contributed by atoms with Crippen molar-refractivity contribution in [3.63, 3.8) is 0 Å². The van der Waals surface area contributed by atoms with Crippen LogP contribution in [0, 0.1) is 0 Å². The first-order valence-electron chi connectivity index (χ1n) is 8.94. The predicted molar refractivity (Wildman–Crippen MR) is 115 cm³/mol. The first-order chi connectivity index (χ1) is 13.0. The molecule has 0 aliphatic heterocycles. The molecule has 2 aromatic carbocycles. The molecule has 2 aromatic rings. The average Bonchev–Trinajstić information content (AvgIpc) is 2.68. The second-order valence-corrected chi connectivity index (χ2v) is 8.10. The van der Waals surface area contributed by atoms with Crippen LogP contribution in [-0.4, -0.2) is 35.1 Å². The van der Waals surface area contributed by atoms with E-state index in [1.165, 1.54) is 5.56 Å². The molecule has 2 rings (SSSR count). The number of halogens is 1. The minimum atomic E-state index is -0.515. The maximum absolute atomic E-state index is 12.9. The van der Waals surface area contributed by atoms with E-state index in [1.807, 2.05) is 61.5 Å². The Hall–Kier alpha value is -1.79. The van der Waals surface area contributed by atoms with Crippen molar-refractivity contribution in [3.05, 3.63) is 70.2 Å². The molecular weight excluding hydrogens is 424 g/mol. The molecule has 0 saturated carbocycles. The molecule has 27 heavy (non-hydrogen) atoms. The Balaban J connectivity index is 2.03. The van der Waals surface area contributed by atoms with Crippen LogP contribution in [0.4, 0.5) is 0 Å². The Bertz CT molecular complexity index is 738. The minimum absolute atomic E-state index is 0.0300. The van der Waals surface area contributed by atoms with E-state index in [0.717, 1.165) is 15.8 Å². The van der Waals surface area contributed by atoms with Crippen LogP contribution >= 0.6 is 27.7 Å². The van der Waals surface area contributed by atoms with E-state index in [9.17, 15) is 9.59 Å². The van der Waals surface area contributed by atoms with Crippen LogP contribution < -0.4 is 5.32 Å². The third-order valence-corrected chi connectivity index (χ3v) is 5.64. The van der Waals surface area contributed by atoms with Crippen LogP contribution in [0.1, 0.15) is 25.0 Å². The summed E-state index contributed by atoms with van der Waals surface area (Å²) in [5.41, 5.74) is 2.18. The van der Waals surface area contributed by atoms with E-state index in [1.54, 1.807) is 23.6 Å². The number of thioether (sulfide) groups is 1. The second-order valence-electron chi connectivity index (χ2n) is 6.20. The highest BCUT2D eigenvalue weighted by molar-refractivity contribution is 9.10. The van der Waals surface area contributed by atoms with Gasteiger partial charge in [-0.2, -0.15) is 0 Å². The molecule has 0 radical (unpaired) electrons. The fourth-order valence-electron chi connectivity index (χ4n) is 2.60. The molecular formula is C21H25BrN2O2S. The summed E-state index contributed by atoms with van der Waals surface area (Å²) in [6.45, 7) is 4.62. The summed E-state index contributed by atoms with van der Waals surface area (Å²) in [4.78, 5) is 26.8. The zero-order valence-electron chi connectivity index (χ0n) is 15.7. The third kappa shape index (κ3) is 7.03. The lowest BCUT2D eigenvalue weighted by Crippen LogP contribution is -2.48. The van der Waals surface area contributed by atoms with E-state index in [2.05, 4.69) is 21.2 Å². The highest BCUT2D eigenvalue weighted by atomic mass is 79.9. The summed E-state index contributed by atoms with van der Waals surface area (Å²) in [6, 6.07) is 17.4. The minimum Gasteiger partial charge on any atom is -0.355 e. The zero-order chi connectivity index (χ0) is 19.6. The highest BCUT2D eigenvalue weighted by Crippen LogP contribution is 2.17. The van der Waals surface area contributed by atoms with Crippen molar-refractivity contribution in [3.8, 4) is 0 Å². The first-order valence-corrected chi connectivity index (χ1v) is 10.9. The molecule has 0 aromatic heterocycles. The lowest BCUT2D eigenvalue weighted by molar-refractivity contribution is -0.138. The topological polar surface area (TPSA) is 49.4 Å². The fourth-order valence-corrected chi connectivity index (χ4v) is 3.74. The van der Waals surface area contributed by atoms with Gasteiger partial charge in [0.2, 0.25) is 11.8 Å². The Kier molecular flexibility index (Phi) is 8.88. The Morgan fingerprint density at radius 1 is 1.07 bits per heavy atom. The summed E-state index contributed by atoms with van der Waals surface area (Å²) in [7, 11) is 0. The third-order valence-electron chi connectivity index (χ3n) is 4.12. The number of likely N-dealkylation sites (N-methyl/N-ethyl adjacent to an activating group) is 1. The van der Waals surface area contributed by atoms with Gasteiger partial charge in [-0.15, -0.1) is 11.8 Å². The summed E-state index contributed by atoms with van der Waals surface area (Å²) < 4.78 is 0.985. The molecule has 0 fully saturated rings. The van der Waals surface area contributed by atoms with E-state index >= 15 is 0 Å². The van der Waals surface area contributed by atoms with Gasteiger partial charge in [0.15, 0.2) is 0 Å². The van der Waals surface area contributed by atoms with Gasteiger partial charge in [0.05, 0.1) is 5.75 Å². The summed E-state index contributed by atoms with van der Waals surface area (Å²) >= 11 is 4.99. The molecule has 6 heteroatoms. The Morgan fingerprint density at radius 2 is 1.74 bits per heavy atom. The number of rotatable bonds is 9. The van der Waals surface area contributed by atoms with Gasteiger partial charge in [-0.25, -0.2) is 0 Å². The van der Waals surface area contributed by atoms with Gasteiger partial charge in [-0.1, -0.05) is 58.4 Å². The van der Waals surface area contributed by atoms with Crippen molar-refractivity contribution < 1.29 is 9.59 Å². The van der Waals surface area contributed by atoms with Crippen LogP contribution in [0.15, 0.2) is 59.1 Å². The van der Waals surface area contributed by atoms with Crippen molar-refractivity contribution in [2.24, 2.45) is 0 Å². The number of carbonyl (C=O) groups excluding carboxylic acids is 2. The largest absolute Gasteiger partial charge is 0.355 e. The van der Waals surface area contributed by atoms with Crippen LogP contribution in [0.2, 0.25) is 0 Å². The molecule has 144 valence electrons. The number of nitrogens with zero attached hydrogens (tertiary/aromatic N) is 1. The van der Waals surface area contributed by atoms with Crippen molar-refractivity contribution in [1.82, 2.24) is 10.2 Å². The first kappa shape index (κ1) is 21.5. The molecule has 0 aliphatic rings. The molecule has 0 unspecified atom stereocenters.